The molecule has 0 bridgehead atoms. The first-order valence-electron chi connectivity index (χ1n) is 6.02. The Balaban J connectivity index is 2.07. The van der Waals surface area contributed by atoms with Gasteiger partial charge in [0, 0.05) is 5.56 Å². The molecule has 2 aromatic rings. The Labute approximate surface area is 122 Å². The minimum atomic E-state index is -0.0365. The first-order chi connectivity index (χ1) is 9.60. The summed E-state index contributed by atoms with van der Waals surface area (Å²) in [6.07, 6.45) is 0. The van der Waals surface area contributed by atoms with Gasteiger partial charge in [0.15, 0.2) is 5.78 Å². The van der Waals surface area contributed by atoms with Gasteiger partial charge in [0.2, 0.25) is 0 Å². The lowest BCUT2D eigenvalue weighted by Gasteiger charge is -2.09. The van der Waals surface area contributed by atoms with Crippen LogP contribution >= 0.6 is 11.6 Å². The predicted molar refractivity (Wildman–Crippen MR) is 76.9 cm³/mol. The Bertz CT molecular complexity index is 672. The van der Waals surface area contributed by atoms with E-state index in [-0.39, 0.29) is 5.78 Å². The third kappa shape index (κ3) is 3.37. The van der Waals surface area contributed by atoms with Crippen molar-refractivity contribution in [3.63, 3.8) is 0 Å². The van der Waals surface area contributed by atoms with Crippen LogP contribution in [0, 0.1) is 11.3 Å². The van der Waals surface area contributed by atoms with E-state index in [0.717, 1.165) is 5.56 Å². The van der Waals surface area contributed by atoms with E-state index in [1.807, 2.05) is 12.1 Å². The molecule has 0 unspecified atom stereocenters. The molecule has 0 atom stereocenters. The van der Waals surface area contributed by atoms with E-state index in [1.54, 1.807) is 30.3 Å². The number of rotatable bonds is 4. The standard InChI is InChI=1S/C16H12ClNO2/c1-11(19)14-6-7-16(15(17)8-14)20-10-13-4-2-12(9-18)3-5-13/h2-8H,10H2,1H3. The fourth-order valence-electron chi connectivity index (χ4n) is 1.67. The van der Waals surface area contributed by atoms with E-state index in [2.05, 4.69) is 6.07 Å². The number of hydrogen-bond donors (Lipinski definition) is 0. The molecule has 0 aliphatic carbocycles. The summed E-state index contributed by atoms with van der Waals surface area (Å²) in [5.41, 5.74) is 2.11. The highest BCUT2D eigenvalue weighted by Gasteiger charge is 2.06. The van der Waals surface area contributed by atoms with Crippen molar-refractivity contribution in [1.29, 1.82) is 5.26 Å². The van der Waals surface area contributed by atoms with E-state index < -0.39 is 0 Å². The average Bonchev–Trinajstić information content (AvgIpc) is 2.46. The molecule has 0 N–H and O–H groups in total. The number of Topliss-reactive ketones (excluding diaryl/α,β-unsaturated/α-hetero) is 1. The Morgan fingerprint density at radius 1 is 1.25 bits per heavy atom. The Morgan fingerprint density at radius 3 is 2.50 bits per heavy atom. The number of nitrogens with zero attached hydrogens (tertiary/aromatic N) is 1. The smallest absolute Gasteiger partial charge is 0.159 e. The monoisotopic (exact) mass is 285 g/mol. The molecule has 2 rings (SSSR count). The highest BCUT2D eigenvalue weighted by atomic mass is 35.5. The fraction of sp³-hybridized carbons (Fsp3) is 0.125. The van der Waals surface area contributed by atoms with E-state index in [0.29, 0.717) is 28.5 Å². The average molecular weight is 286 g/mol. The zero-order valence-electron chi connectivity index (χ0n) is 10.9. The zero-order chi connectivity index (χ0) is 14.5. The van der Waals surface area contributed by atoms with Crippen LogP contribution in [0.4, 0.5) is 0 Å². The Morgan fingerprint density at radius 2 is 1.95 bits per heavy atom. The van der Waals surface area contributed by atoms with Gasteiger partial charge in [-0.2, -0.15) is 5.26 Å². The van der Waals surface area contributed by atoms with Crippen molar-refractivity contribution in [2.24, 2.45) is 0 Å². The van der Waals surface area contributed by atoms with Crippen LogP contribution in [0.1, 0.15) is 28.4 Å². The van der Waals surface area contributed by atoms with Gasteiger partial charge < -0.3 is 4.74 Å². The summed E-state index contributed by atoms with van der Waals surface area (Å²) in [5, 5.41) is 9.13. The maximum absolute atomic E-state index is 11.2. The number of halogens is 1. The van der Waals surface area contributed by atoms with E-state index in [4.69, 9.17) is 21.6 Å². The molecule has 100 valence electrons. The molecule has 0 amide bonds. The van der Waals surface area contributed by atoms with Gasteiger partial charge in [-0.15, -0.1) is 0 Å². The number of nitriles is 1. The van der Waals surface area contributed by atoms with Crippen molar-refractivity contribution < 1.29 is 9.53 Å². The lowest BCUT2D eigenvalue weighted by molar-refractivity contribution is 0.101. The Hall–Kier alpha value is -2.31. The summed E-state index contributed by atoms with van der Waals surface area (Å²) in [6, 6.07) is 14.2. The van der Waals surface area contributed by atoms with E-state index in [9.17, 15) is 4.79 Å². The lowest BCUT2D eigenvalue weighted by atomic mass is 10.1. The molecule has 3 nitrogen and oxygen atoms in total. The number of benzene rings is 2. The van der Waals surface area contributed by atoms with Crippen LogP contribution in [0.5, 0.6) is 5.75 Å². The molecule has 4 heteroatoms. The summed E-state index contributed by atoms with van der Waals surface area (Å²) in [4.78, 5) is 11.2. The minimum Gasteiger partial charge on any atom is -0.487 e. The van der Waals surface area contributed by atoms with Gasteiger partial charge in [-0.3, -0.25) is 4.79 Å². The van der Waals surface area contributed by atoms with Gasteiger partial charge in [0.05, 0.1) is 16.7 Å². The second-order valence-corrected chi connectivity index (χ2v) is 4.71. The predicted octanol–water partition coefficient (Wildman–Crippen LogP) is 3.99. The molecule has 0 spiro atoms. The molecule has 0 saturated heterocycles. The van der Waals surface area contributed by atoms with Crippen LogP contribution in [-0.2, 0) is 6.61 Å². The Kier molecular flexibility index (Phi) is 4.39. The quantitative estimate of drug-likeness (QED) is 0.798. The second kappa shape index (κ2) is 6.23. The van der Waals surface area contributed by atoms with Crippen molar-refractivity contribution >= 4 is 17.4 Å². The summed E-state index contributed by atoms with van der Waals surface area (Å²) in [6.45, 7) is 1.84. The SMILES string of the molecule is CC(=O)c1ccc(OCc2ccc(C#N)cc2)c(Cl)c1. The van der Waals surface area contributed by atoms with Crippen LogP contribution < -0.4 is 4.74 Å². The topological polar surface area (TPSA) is 50.1 Å². The number of hydrogen-bond acceptors (Lipinski definition) is 3. The van der Waals surface area contributed by atoms with Crippen LogP contribution in [0.25, 0.3) is 0 Å². The van der Waals surface area contributed by atoms with Crippen molar-refractivity contribution in [2.75, 3.05) is 0 Å². The molecular formula is C16H12ClNO2. The van der Waals surface area contributed by atoms with Crippen LogP contribution in [0.15, 0.2) is 42.5 Å². The molecule has 0 fully saturated rings. The number of ketones is 1. The summed E-state index contributed by atoms with van der Waals surface area (Å²) in [7, 11) is 0. The molecule has 0 saturated carbocycles. The van der Waals surface area contributed by atoms with Crippen LogP contribution in [0.2, 0.25) is 5.02 Å². The molecule has 2 aromatic carbocycles. The normalized spacial score (nSPS) is 9.85. The highest BCUT2D eigenvalue weighted by molar-refractivity contribution is 6.32. The highest BCUT2D eigenvalue weighted by Crippen LogP contribution is 2.26. The number of carbonyl (C=O) groups is 1. The van der Waals surface area contributed by atoms with Crippen molar-refractivity contribution in [2.45, 2.75) is 13.5 Å². The van der Waals surface area contributed by atoms with E-state index in [1.165, 1.54) is 6.92 Å². The van der Waals surface area contributed by atoms with Gasteiger partial charge in [-0.25, -0.2) is 0 Å². The van der Waals surface area contributed by atoms with Crippen molar-refractivity contribution in [3.8, 4) is 11.8 Å². The van der Waals surface area contributed by atoms with Crippen molar-refractivity contribution in [1.82, 2.24) is 0 Å². The maximum Gasteiger partial charge on any atom is 0.159 e. The lowest BCUT2D eigenvalue weighted by Crippen LogP contribution is -1.98. The molecule has 0 aromatic heterocycles. The van der Waals surface area contributed by atoms with Crippen molar-refractivity contribution in [3.05, 3.63) is 64.2 Å². The van der Waals surface area contributed by atoms with Gasteiger partial charge in [0.25, 0.3) is 0 Å². The van der Waals surface area contributed by atoms with E-state index >= 15 is 0 Å². The minimum absolute atomic E-state index is 0.0365. The van der Waals surface area contributed by atoms with Gasteiger partial charge in [-0.05, 0) is 42.8 Å². The van der Waals surface area contributed by atoms with Crippen LogP contribution in [0.3, 0.4) is 0 Å². The second-order valence-electron chi connectivity index (χ2n) is 4.30. The summed E-state index contributed by atoms with van der Waals surface area (Å²) < 4.78 is 5.60. The summed E-state index contributed by atoms with van der Waals surface area (Å²) >= 11 is 6.07. The molecule has 0 aliphatic rings. The van der Waals surface area contributed by atoms with Crippen LogP contribution in [-0.4, -0.2) is 5.78 Å². The molecule has 0 aliphatic heterocycles. The van der Waals surface area contributed by atoms with Gasteiger partial charge >= 0.3 is 0 Å². The first kappa shape index (κ1) is 14.1. The molecule has 0 heterocycles. The first-order valence-corrected chi connectivity index (χ1v) is 6.40. The maximum atomic E-state index is 11.2. The molecule has 20 heavy (non-hydrogen) atoms. The summed E-state index contributed by atoms with van der Waals surface area (Å²) in [5.74, 6) is 0.492. The molecular weight excluding hydrogens is 274 g/mol. The zero-order valence-corrected chi connectivity index (χ0v) is 11.6. The molecule has 0 radical (unpaired) electrons. The number of carbonyl (C=O) groups excluding carboxylic acids is 1. The van der Waals surface area contributed by atoms with Gasteiger partial charge in [0.1, 0.15) is 12.4 Å². The largest absolute Gasteiger partial charge is 0.487 e. The third-order valence-electron chi connectivity index (χ3n) is 2.82. The fourth-order valence-corrected chi connectivity index (χ4v) is 1.91. The third-order valence-corrected chi connectivity index (χ3v) is 3.11. The van der Waals surface area contributed by atoms with Gasteiger partial charge in [-0.1, -0.05) is 23.7 Å². The number of ether oxygens (including phenoxy) is 1.